The molecule has 39 heavy (non-hydrogen) atoms. The first-order valence-electron chi connectivity index (χ1n) is 13.7. The second-order valence-corrected chi connectivity index (χ2v) is 12.3. The molecule has 0 unspecified atom stereocenters. The van der Waals surface area contributed by atoms with E-state index in [9.17, 15) is 13.2 Å². The Labute approximate surface area is 229 Å². The molecule has 1 amide bonds. The van der Waals surface area contributed by atoms with Crippen LogP contribution in [0, 0.1) is 0 Å². The number of primary amides is 1. The minimum Gasteiger partial charge on any atom is -0.366 e. The van der Waals surface area contributed by atoms with Gasteiger partial charge >= 0.3 is 0 Å². The van der Waals surface area contributed by atoms with Gasteiger partial charge in [0, 0.05) is 10.9 Å². The number of nitrogens with one attached hydrogen (secondary N) is 2. The average molecular weight is 543 g/mol. The fourth-order valence-corrected chi connectivity index (χ4v) is 7.40. The third-order valence-electron chi connectivity index (χ3n) is 8.51. The number of hydrogen-bond donors (Lipinski definition) is 4. The van der Waals surface area contributed by atoms with Gasteiger partial charge in [0.1, 0.15) is 0 Å². The van der Waals surface area contributed by atoms with Gasteiger partial charge in [-0.05, 0) is 120 Å². The van der Waals surface area contributed by atoms with Gasteiger partial charge in [-0.25, -0.2) is 13.6 Å². The predicted molar refractivity (Wildman–Crippen MR) is 156 cm³/mol. The molecule has 0 spiro atoms. The third-order valence-corrected chi connectivity index (χ3v) is 9.46. The lowest BCUT2D eigenvalue weighted by Crippen LogP contribution is -2.27. The van der Waals surface area contributed by atoms with Gasteiger partial charge in [-0.1, -0.05) is 42.5 Å². The van der Waals surface area contributed by atoms with Crippen molar-refractivity contribution in [3.05, 3.63) is 77.4 Å². The molecule has 0 saturated carbocycles. The van der Waals surface area contributed by atoms with Crippen LogP contribution in [0.5, 0.6) is 0 Å². The number of rotatable bonds is 5. The second kappa shape index (κ2) is 10.4. The van der Waals surface area contributed by atoms with E-state index in [0.29, 0.717) is 16.9 Å². The maximum absolute atomic E-state index is 12.8. The van der Waals surface area contributed by atoms with Crippen LogP contribution in [-0.2, 0) is 10.0 Å². The Morgan fingerprint density at radius 3 is 2.03 bits per heavy atom. The summed E-state index contributed by atoms with van der Waals surface area (Å²) in [5.74, 6) is 0.186. The lowest BCUT2D eigenvalue weighted by molar-refractivity contribution is 0.100. The highest BCUT2D eigenvalue weighted by Crippen LogP contribution is 2.43. The SMILES string of the molecule is NC(=O)c1ccc(C2CCNCC2)c2cc(-c3cc(S(N)(=O)=O)c4ccccc4c3C3CCNCC3)ccc12. The molecule has 2 fully saturated rings. The van der Waals surface area contributed by atoms with Crippen molar-refractivity contribution in [1.29, 1.82) is 0 Å². The molecule has 8 heteroatoms. The summed E-state index contributed by atoms with van der Waals surface area (Å²) in [6, 6.07) is 19.4. The number of amides is 1. The van der Waals surface area contributed by atoms with E-state index in [1.807, 2.05) is 48.5 Å². The standard InChI is InChI=1S/C31H34N4O3S/c32-31(36)26-8-7-22(19-9-13-34-14-10-19)28-17-21(5-6-23(26)28)27-18-29(39(33,37)38)24-3-1-2-4-25(24)30(27)20-11-15-35-16-12-20/h1-8,17-20,34-35H,9-16H2,(H2,32,36)(H2,33,37,38). The highest BCUT2D eigenvalue weighted by Gasteiger charge is 2.26. The van der Waals surface area contributed by atoms with Crippen LogP contribution in [0.25, 0.3) is 32.7 Å². The molecular formula is C31H34N4O3S. The average Bonchev–Trinajstić information content (AvgIpc) is 2.95. The maximum atomic E-state index is 12.8. The molecule has 6 N–H and O–H groups in total. The minimum atomic E-state index is -3.97. The van der Waals surface area contributed by atoms with Gasteiger partial charge in [-0.2, -0.15) is 0 Å². The van der Waals surface area contributed by atoms with Crippen molar-refractivity contribution in [3.8, 4) is 11.1 Å². The third kappa shape index (κ3) is 4.82. The Morgan fingerprint density at radius 2 is 1.38 bits per heavy atom. The number of carbonyl (C=O) groups excluding carboxylic acids is 1. The summed E-state index contributed by atoms with van der Waals surface area (Å²) in [5, 5.41) is 16.1. The highest BCUT2D eigenvalue weighted by molar-refractivity contribution is 7.89. The van der Waals surface area contributed by atoms with E-state index < -0.39 is 15.9 Å². The van der Waals surface area contributed by atoms with Crippen molar-refractivity contribution in [1.82, 2.24) is 10.6 Å². The lowest BCUT2D eigenvalue weighted by Gasteiger charge is -2.28. The summed E-state index contributed by atoms with van der Waals surface area (Å²) >= 11 is 0. The Hall–Kier alpha value is -3.30. The maximum Gasteiger partial charge on any atom is 0.249 e. The Bertz CT molecular complexity index is 1690. The lowest BCUT2D eigenvalue weighted by atomic mass is 9.80. The molecule has 7 nitrogen and oxygen atoms in total. The smallest absolute Gasteiger partial charge is 0.249 e. The molecular weight excluding hydrogens is 508 g/mol. The molecule has 0 aromatic heterocycles. The second-order valence-electron chi connectivity index (χ2n) is 10.8. The van der Waals surface area contributed by atoms with E-state index in [1.165, 1.54) is 5.56 Å². The zero-order chi connectivity index (χ0) is 27.1. The number of fused-ring (bicyclic) bond motifs is 2. The van der Waals surface area contributed by atoms with E-state index in [-0.39, 0.29) is 10.8 Å². The summed E-state index contributed by atoms with van der Waals surface area (Å²) in [7, 11) is -3.97. The zero-order valence-corrected chi connectivity index (χ0v) is 22.7. The van der Waals surface area contributed by atoms with Gasteiger partial charge in [-0.3, -0.25) is 4.79 Å². The first-order chi connectivity index (χ1) is 18.8. The number of piperidine rings is 2. The summed E-state index contributed by atoms with van der Waals surface area (Å²) in [6.07, 6.45) is 3.96. The van der Waals surface area contributed by atoms with Gasteiger partial charge in [-0.15, -0.1) is 0 Å². The topological polar surface area (TPSA) is 127 Å². The van der Waals surface area contributed by atoms with Gasteiger partial charge in [0.15, 0.2) is 0 Å². The number of benzene rings is 4. The van der Waals surface area contributed by atoms with Crippen LogP contribution in [0.4, 0.5) is 0 Å². The van der Waals surface area contributed by atoms with Crippen molar-refractivity contribution >= 4 is 37.5 Å². The number of nitrogens with two attached hydrogens (primary N) is 2. The molecule has 202 valence electrons. The Balaban J connectivity index is 1.66. The molecule has 0 atom stereocenters. The van der Waals surface area contributed by atoms with Crippen molar-refractivity contribution < 1.29 is 13.2 Å². The molecule has 4 aromatic rings. The minimum absolute atomic E-state index is 0.135. The predicted octanol–water partition coefficient (Wildman–Crippen LogP) is 4.34. The van der Waals surface area contributed by atoms with Crippen LogP contribution in [0.15, 0.2) is 65.6 Å². The quantitative estimate of drug-likeness (QED) is 0.298. The number of carbonyl (C=O) groups is 1. The first kappa shape index (κ1) is 26.0. The number of sulfonamides is 1. The van der Waals surface area contributed by atoms with Gasteiger partial charge in [0.05, 0.1) is 4.90 Å². The molecule has 2 aliphatic heterocycles. The van der Waals surface area contributed by atoms with E-state index in [4.69, 9.17) is 10.9 Å². The monoisotopic (exact) mass is 542 g/mol. The fraction of sp³-hybridized carbons (Fsp3) is 0.323. The zero-order valence-electron chi connectivity index (χ0n) is 21.9. The van der Waals surface area contributed by atoms with Crippen molar-refractivity contribution in [2.75, 3.05) is 26.2 Å². The van der Waals surface area contributed by atoms with Crippen LogP contribution in [0.3, 0.4) is 0 Å². The van der Waals surface area contributed by atoms with Gasteiger partial charge < -0.3 is 16.4 Å². The van der Waals surface area contributed by atoms with Crippen LogP contribution < -0.4 is 21.5 Å². The number of hydrogen-bond acceptors (Lipinski definition) is 5. The molecule has 2 aliphatic rings. The fourth-order valence-electron chi connectivity index (χ4n) is 6.63. The summed E-state index contributed by atoms with van der Waals surface area (Å²) < 4.78 is 25.6. The molecule has 0 bridgehead atoms. The molecule has 2 heterocycles. The highest BCUT2D eigenvalue weighted by atomic mass is 32.2. The summed E-state index contributed by atoms with van der Waals surface area (Å²) in [6.45, 7) is 3.72. The van der Waals surface area contributed by atoms with E-state index in [1.54, 1.807) is 6.07 Å². The first-order valence-corrected chi connectivity index (χ1v) is 15.2. The molecule has 0 radical (unpaired) electrons. The van der Waals surface area contributed by atoms with Crippen LogP contribution in [0.1, 0.15) is 59.0 Å². The summed E-state index contributed by atoms with van der Waals surface area (Å²) in [5.41, 5.74) is 10.4. The normalized spacial score (nSPS) is 17.6. The van der Waals surface area contributed by atoms with Crippen molar-refractivity contribution in [2.24, 2.45) is 10.9 Å². The van der Waals surface area contributed by atoms with E-state index in [2.05, 4.69) is 16.7 Å². The van der Waals surface area contributed by atoms with Crippen LogP contribution >= 0.6 is 0 Å². The largest absolute Gasteiger partial charge is 0.366 e. The van der Waals surface area contributed by atoms with E-state index in [0.717, 1.165) is 84.7 Å². The molecule has 2 saturated heterocycles. The van der Waals surface area contributed by atoms with Crippen LogP contribution in [-0.4, -0.2) is 40.5 Å². The van der Waals surface area contributed by atoms with Crippen LogP contribution in [0.2, 0.25) is 0 Å². The Morgan fingerprint density at radius 1 is 0.744 bits per heavy atom. The summed E-state index contributed by atoms with van der Waals surface area (Å²) in [4.78, 5) is 12.5. The molecule has 0 aliphatic carbocycles. The van der Waals surface area contributed by atoms with Crippen molar-refractivity contribution in [2.45, 2.75) is 42.4 Å². The molecule has 6 rings (SSSR count). The van der Waals surface area contributed by atoms with Crippen molar-refractivity contribution in [3.63, 3.8) is 0 Å². The van der Waals surface area contributed by atoms with Gasteiger partial charge in [0.25, 0.3) is 0 Å². The molecule has 4 aromatic carbocycles. The Kier molecular flexibility index (Phi) is 6.89. The van der Waals surface area contributed by atoms with E-state index >= 15 is 0 Å². The number of primary sulfonamides is 1. The van der Waals surface area contributed by atoms with Gasteiger partial charge in [0.2, 0.25) is 15.9 Å².